The van der Waals surface area contributed by atoms with E-state index in [1.54, 1.807) is 0 Å². The molecule has 0 amide bonds. The van der Waals surface area contributed by atoms with Gasteiger partial charge in [0.25, 0.3) is 0 Å². The molecule has 4 heterocycles. The maximum atomic E-state index is 6.94. The molecule has 2 unspecified atom stereocenters. The number of furan rings is 1. The molecular formula is C59H43N5O. The van der Waals surface area contributed by atoms with Crippen LogP contribution in [0.15, 0.2) is 193 Å². The van der Waals surface area contributed by atoms with Crippen LogP contribution < -0.4 is 0 Å². The van der Waals surface area contributed by atoms with E-state index >= 15 is 0 Å². The monoisotopic (exact) mass is 837 g/mol. The van der Waals surface area contributed by atoms with E-state index in [2.05, 4.69) is 181 Å². The summed E-state index contributed by atoms with van der Waals surface area (Å²) in [7, 11) is 0. The number of para-hydroxylation sites is 3. The Bertz CT molecular complexity index is 3870. The second-order valence-electron chi connectivity index (χ2n) is 17.7. The van der Waals surface area contributed by atoms with Gasteiger partial charge in [-0.05, 0) is 84.5 Å². The summed E-state index contributed by atoms with van der Waals surface area (Å²) in [6, 6.07) is 54.2. The predicted octanol–water partition coefficient (Wildman–Crippen LogP) is 15.4. The van der Waals surface area contributed by atoms with Crippen LogP contribution in [0.1, 0.15) is 32.5 Å². The third-order valence-corrected chi connectivity index (χ3v) is 13.6. The van der Waals surface area contributed by atoms with Crippen LogP contribution >= 0.6 is 0 Å². The van der Waals surface area contributed by atoms with Crippen LogP contribution in [0.2, 0.25) is 0 Å². The predicted molar refractivity (Wildman–Crippen MR) is 269 cm³/mol. The molecule has 2 atom stereocenters. The van der Waals surface area contributed by atoms with Gasteiger partial charge in [0.15, 0.2) is 23.1 Å². The highest BCUT2D eigenvalue weighted by Crippen LogP contribution is 2.43. The van der Waals surface area contributed by atoms with Crippen molar-refractivity contribution in [1.29, 1.82) is 0 Å². The van der Waals surface area contributed by atoms with Crippen LogP contribution in [-0.4, -0.2) is 24.1 Å². The maximum absolute atomic E-state index is 6.94. The van der Waals surface area contributed by atoms with Gasteiger partial charge in [0.05, 0.1) is 27.8 Å². The number of hydrogen-bond donors (Lipinski definition) is 0. The minimum atomic E-state index is 0.439. The summed E-state index contributed by atoms with van der Waals surface area (Å²) >= 11 is 0. The molecule has 2 aliphatic rings. The van der Waals surface area contributed by atoms with Gasteiger partial charge in [0, 0.05) is 60.6 Å². The summed E-state index contributed by atoms with van der Waals surface area (Å²) < 4.78 is 11.8. The average Bonchev–Trinajstić information content (AvgIpc) is 4.02. The fourth-order valence-electron chi connectivity index (χ4n) is 10.3. The van der Waals surface area contributed by atoms with Gasteiger partial charge in [-0.3, -0.25) is 0 Å². The van der Waals surface area contributed by atoms with E-state index in [0.717, 1.165) is 68.2 Å². The summed E-state index contributed by atoms with van der Waals surface area (Å²) in [6.45, 7) is 4.55. The smallest absolute Gasteiger partial charge is 0.164 e. The average molecular weight is 838 g/mol. The van der Waals surface area contributed by atoms with Crippen molar-refractivity contribution in [1.82, 2.24) is 24.1 Å². The fourth-order valence-corrected chi connectivity index (χ4v) is 10.3. The summed E-state index contributed by atoms with van der Waals surface area (Å²) in [4.78, 5) is 15.3. The molecule has 11 aromatic rings. The Labute approximate surface area is 375 Å². The zero-order valence-corrected chi connectivity index (χ0v) is 36.1. The van der Waals surface area contributed by atoms with Crippen LogP contribution in [0, 0.1) is 11.8 Å². The molecule has 0 saturated heterocycles. The van der Waals surface area contributed by atoms with Crippen molar-refractivity contribution < 1.29 is 4.42 Å². The van der Waals surface area contributed by atoms with E-state index in [-0.39, 0.29) is 0 Å². The zero-order valence-electron chi connectivity index (χ0n) is 36.1. The van der Waals surface area contributed by atoms with Crippen LogP contribution in [-0.2, 0) is 0 Å². The van der Waals surface area contributed by atoms with Gasteiger partial charge in [0.2, 0.25) is 0 Å². The SMILES string of the molecule is CC1C=CC(c2nc(-c3ccccc3)nc(-c3cccc4oc5c(-n6c7ccccc7c7cc(-c8ccc9c(c8)c8ccccc8n9C8=CC=CCC8C)ccc76)cccc5c34)n2)=CC1. The van der Waals surface area contributed by atoms with E-state index in [0.29, 0.717) is 29.3 Å². The van der Waals surface area contributed by atoms with Crippen molar-refractivity contribution in [2.24, 2.45) is 11.8 Å². The summed E-state index contributed by atoms with van der Waals surface area (Å²) in [5.74, 6) is 2.85. The van der Waals surface area contributed by atoms with Crippen molar-refractivity contribution in [3.8, 4) is 39.6 Å². The molecule has 7 aromatic carbocycles. The first-order valence-corrected chi connectivity index (χ1v) is 22.6. The Balaban J connectivity index is 0.967. The minimum absolute atomic E-state index is 0.439. The molecule has 0 radical (unpaired) electrons. The number of allylic oxidation sites excluding steroid dienone is 8. The molecule has 2 aliphatic carbocycles. The second-order valence-corrected chi connectivity index (χ2v) is 17.7. The summed E-state index contributed by atoms with van der Waals surface area (Å²) in [5.41, 5.74) is 13.9. The molecule has 0 saturated carbocycles. The molecule has 0 spiro atoms. The largest absolute Gasteiger partial charge is 0.454 e. The first kappa shape index (κ1) is 37.5. The molecule has 0 N–H and O–H groups in total. The third kappa shape index (κ3) is 5.97. The van der Waals surface area contributed by atoms with Crippen molar-refractivity contribution in [3.63, 3.8) is 0 Å². The van der Waals surface area contributed by atoms with Gasteiger partial charge in [-0.15, -0.1) is 0 Å². The van der Waals surface area contributed by atoms with Gasteiger partial charge in [0.1, 0.15) is 5.58 Å². The first-order chi connectivity index (χ1) is 32.1. The van der Waals surface area contributed by atoms with Crippen molar-refractivity contribution in [2.75, 3.05) is 0 Å². The molecule has 310 valence electrons. The van der Waals surface area contributed by atoms with Gasteiger partial charge in [-0.25, -0.2) is 15.0 Å². The number of benzene rings is 7. The standard InChI is InChI=1S/C59H43N5O/c1-36-26-28-39(29-27-36)58-60-57(38-15-4-3-5-16-38)61-59(62-58)45-20-13-25-54-55(45)44-19-12-24-53(56(44)65-54)64-50-23-11-8-18-43(50)47-35-41(31-33-52(47)64)40-30-32-51-46(34-40)42-17-7-10-22-49(42)63(51)48-21-9-6-14-37(48)2/h3-13,15-26,28-37H,14,27H2,1-2H3. The number of rotatable bonds is 6. The first-order valence-electron chi connectivity index (χ1n) is 22.6. The highest BCUT2D eigenvalue weighted by atomic mass is 16.3. The number of hydrogen-bond acceptors (Lipinski definition) is 4. The number of fused-ring (bicyclic) bond motifs is 9. The minimum Gasteiger partial charge on any atom is -0.454 e. The van der Waals surface area contributed by atoms with Crippen LogP contribution in [0.3, 0.4) is 0 Å². The summed E-state index contributed by atoms with van der Waals surface area (Å²) in [6.07, 6.45) is 15.4. The zero-order chi connectivity index (χ0) is 43.2. The topological polar surface area (TPSA) is 61.7 Å². The number of aromatic nitrogens is 5. The second kappa shape index (κ2) is 14.7. The van der Waals surface area contributed by atoms with Gasteiger partial charge >= 0.3 is 0 Å². The third-order valence-electron chi connectivity index (χ3n) is 13.6. The van der Waals surface area contributed by atoms with E-state index in [1.165, 1.54) is 49.4 Å². The van der Waals surface area contributed by atoms with Crippen LogP contribution in [0.4, 0.5) is 0 Å². The van der Waals surface area contributed by atoms with Crippen molar-refractivity contribution >= 4 is 76.8 Å². The quantitative estimate of drug-likeness (QED) is 0.167. The van der Waals surface area contributed by atoms with Crippen LogP contribution in [0.25, 0.3) is 116 Å². The lowest BCUT2D eigenvalue weighted by Crippen LogP contribution is -2.07. The highest BCUT2D eigenvalue weighted by molar-refractivity contribution is 6.17. The molecule has 0 aliphatic heterocycles. The van der Waals surface area contributed by atoms with E-state index in [9.17, 15) is 0 Å². The van der Waals surface area contributed by atoms with E-state index < -0.39 is 0 Å². The lowest BCUT2D eigenvalue weighted by molar-refractivity contribution is 0.666. The molecule has 6 heteroatoms. The molecule has 6 nitrogen and oxygen atoms in total. The molecule has 65 heavy (non-hydrogen) atoms. The maximum Gasteiger partial charge on any atom is 0.164 e. The van der Waals surface area contributed by atoms with Crippen molar-refractivity contribution in [2.45, 2.75) is 26.7 Å². The number of nitrogens with zero attached hydrogens (tertiary/aromatic N) is 5. The summed E-state index contributed by atoms with van der Waals surface area (Å²) in [5, 5.41) is 6.90. The van der Waals surface area contributed by atoms with Gasteiger partial charge in [-0.2, -0.15) is 0 Å². The Kier molecular flexibility index (Phi) is 8.50. The molecule has 0 bridgehead atoms. The molecule has 0 fully saturated rings. The Hall–Kier alpha value is -8.09. The fraction of sp³-hybridized carbons (Fsp3) is 0.102. The Morgan fingerprint density at radius 1 is 0.538 bits per heavy atom. The van der Waals surface area contributed by atoms with Gasteiger partial charge < -0.3 is 13.6 Å². The van der Waals surface area contributed by atoms with E-state index in [1.807, 2.05) is 30.3 Å². The Morgan fingerprint density at radius 2 is 1.18 bits per heavy atom. The lowest BCUT2D eigenvalue weighted by Gasteiger charge is -2.20. The molecular weight excluding hydrogens is 795 g/mol. The molecule has 4 aromatic heterocycles. The highest BCUT2D eigenvalue weighted by Gasteiger charge is 2.23. The lowest BCUT2D eigenvalue weighted by atomic mass is 9.98. The van der Waals surface area contributed by atoms with Crippen LogP contribution in [0.5, 0.6) is 0 Å². The Morgan fingerprint density at radius 3 is 1.92 bits per heavy atom. The normalized spacial score (nSPS) is 16.4. The van der Waals surface area contributed by atoms with Gasteiger partial charge in [-0.1, -0.05) is 147 Å². The van der Waals surface area contributed by atoms with Crippen molar-refractivity contribution in [3.05, 3.63) is 194 Å². The molecule has 13 rings (SSSR count). The van der Waals surface area contributed by atoms with E-state index in [4.69, 9.17) is 19.4 Å².